The normalized spacial score (nSPS) is 13.4. The molecule has 0 aliphatic carbocycles. The maximum Gasteiger partial charge on any atom is -0.00747 e. The highest BCUT2D eigenvalue weighted by molar-refractivity contribution is 4.54. The Morgan fingerprint density at radius 3 is 2.18 bits per heavy atom. The average Bonchev–Trinajstić information content (AvgIpc) is 1.99. The highest BCUT2D eigenvalue weighted by atomic mass is 14.5. The predicted octanol–water partition coefficient (Wildman–Crippen LogP) is 1.49. The molecule has 4 N–H and O–H groups in total. The van der Waals surface area contributed by atoms with Gasteiger partial charge in [0, 0.05) is 0 Å². The molecule has 0 saturated carbocycles. The zero-order valence-electron chi connectivity index (χ0n) is 7.68. The molecule has 0 fully saturated rings. The molecule has 0 heterocycles. The topological polar surface area (TPSA) is 52.0 Å². The minimum atomic E-state index is 0.803. The Labute approximate surface area is 70.3 Å². The standard InChI is InChI=1S/C9H22N2/c1-9(6-8-11)5-3-2-4-7-10/h9H,2-8,10-11H2,1H3. The van der Waals surface area contributed by atoms with Crippen LogP contribution in [0.2, 0.25) is 0 Å². The molecule has 0 bridgehead atoms. The minimum absolute atomic E-state index is 0.803. The lowest BCUT2D eigenvalue weighted by Gasteiger charge is -2.08. The van der Waals surface area contributed by atoms with Gasteiger partial charge in [-0.05, 0) is 31.8 Å². The summed E-state index contributed by atoms with van der Waals surface area (Å²) in [6.45, 7) is 3.94. The first-order valence-electron chi connectivity index (χ1n) is 4.71. The summed E-state index contributed by atoms with van der Waals surface area (Å²) >= 11 is 0. The van der Waals surface area contributed by atoms with Gasteiger partial charge in [-0.1, -0.05) is 26.2 Å². The van der Waals surface area contributed by atoms with Crippen molar-refractivity contribution in [1.82, 2.24) is 0 Å². The van der Waals surface area contributed by atoms with Gasteiger partial charge in [-0.25, -0.2) is 0 Å². The summed E-state index contributed by atoms with van der Waals surface area (Å²) in [7, 11) is 0. The summed E-state index contributed by atoms with van der Waals surface area (Å²) in [4.78, 5) is 0. The van der Waals surface area contributed by atoms with Gasteiger partial charge >= 0.3 is 0 Å². The maximum absolute atomic E-state index is 5.44. The number of hydrogen-bond donors (Lipinski definition) is 2. The maximum atomic E-state index is 5.44. The first-order chi connectivity index (χ1) is 5.31. The largest absolute Gasteiger partial charge is 0.330 e. The van der Waals surface area contributed by atoms with E-state index in [1.54, 1.807) is 0 Å². The molecule has 2 nitrogen and oxygen atoms in total. The van der Waals surface area contributed by atoms with Crippen LogP contribution in [0.5, 0.6) is 0 Å². The smallest absolute Gasteiger partial charge is 0.00747 e. The molecular weight excluding hydrogens is 136 g/mol. The molecule has 68 valence electrons. The van der Waals surface area contributed by atoms with Crippen molar-refractivity contribution in [3.8, 4) is 0 Å². The van der Waals surface area contributed by atoms with Crippen molar-refractivity contribution >= 4 is 0 Å². The van der Waals surface area contributed by atoms with Crippen LogP contribution in [0.3, 0.4) is 0 Å². The molecular formula is C9H22N2. The van der Waals surface area contributed by atoms with Crippen LogP contribution in [0.25, 0.3) is 0 Å². The van der Waals surface area contributed by atoms with Crippen LogP contribution in [-0.2, 0) is 0 Å². The zero-order chi connectivity index (χ0) is 8.53. The van der Waals surface area contributed by atoms with E-state index in [9.17, 15) is 0 Å². The van der Waals surface area contributed by atoms with Gasteiger partial charge in [0.1, 0.15) is 0 Å². The van der Waals surface area contributed by atoms with E-state index in [-0.39, 0.29) is 0 Å². The van der Waals surface area contributed by atoms with Gasteiger partial charge in [0.05, 0.1) is 0 Å². The summed E-state index contributed by atoms with van der Waals surface area (Å²) in [6.07, 6.45) is 6.26. The fourth-order valence-corrected chi connectivity index (χ4v) is 1.24. The predicted molar refractivity (Wildman–Crippen MR) is 50.4 cm³/mol. The quantitative estimate of drug-likeness (QED) is 0.551. The summed E-state index contributed by atoms with van der Waals surface area (Å²) in [5.41, 5.74) is 10.8. The van der Waals surface area contributed by atoms with E-state index in [1.165, 1.54) is 32.1 Å². The second-order valence-corrected chi connectivity index (χ2v) is 3.32. The van der Waals surface area contributed by atoms with Crippen LogP contribution in [-0.4, -0.2) is 13.1 Å². The molecule has 0 aromatic rings. The molecule has 1 atom stereocenters. The molecule has 0 aliphatic rings. The zero-order valence-corrected chi connectivity index (χ0v) is 7.68. The number of nitrogens with two attached hydrogens (primary N) is 2. The molecule has 0 aliphatic heterocycles. The molecule has 0 aromatic carbocycles. The molecule has 0 aromatic heterocycles. The lowest BCUT2D eigenvalue weighted by Crippen LogP contribution is -2.06. The van der Waals surface area contributed by atoms with Crippen LogP contribution in [0, 0.1) is 5.92 Å². The summed E-state index contributed by atoms with van der Waals surface area (Å²) in [5.74, 6) is 0.803. The average molecular weight is 158 g/mol. The Hall–Kier alpha value is -0.0800. The van der Waals surface area contributed by atoms with E-state index in [0.29, 0.717) is 0 Å². The summed E-state index contributed by atoms with van der Waals surface area (Å²) < 4.78 is 0. The molecule has 1 unspecified atom stereocenters. The summed E-state index contributed by atoms with van der Waals surface area (Å²) in [5, 5.41) is 0. The van der Waals surface area contributed by atoms with Crippen molar-refractivity contribution in [2.75, 3.05) is 13.1 Å². The van der Waals surface area contributed by atoms with E-state index in [2.05, 4.69) is 6.92 Å². The lowest BCUT2D eigenvalue weighted by atomic mass is 10.00. The third-order valence-electron chi connectivity index (χ3n) is 2.06. The molecule has 0 radical (unpaired) electrons. The molecule has 0 spiro atoms. The first kappa shape index (κ1) is 10.9. The highest BCUT2D eigenvalue weighted by Gasteiger charge is 1.99. The van der Waals surface area contributed by atoms with Gasteiger partial charge < -0.3 is 11.5 Å². The van der Waals surface area contributed by atoms with Gasteiger partial charge in [0.2, 0.25) is 0 Å². The fourth-order valence-electron chi connectivity index (χ4n) is 1.24. The van der Waals surface area contributed by atoms with Gasteiger partial charge in [0.25, 0.3) is 0 Å². The lowest BCUT2D eigenvalue weighted by molar-refractivity contribution is 0.467. The number of hydrogen-bond acceptors (Lipinski definition) is 2. The van der Waals surface area contributed by atoms with Crippen LogP contribution >= 0.6 is 0 Å². The first-order valence-corrected chi connectivity index (χ1v) is 4.71. The SMILES string of the molecule is CC(CCN)CCCCCN. The monoisotopic (exact) mass is 158 g/mol. The Morgan fingerprint density at radius 2 is 1.64 bits per heavy atom. The number of unbranched alkanes of at least 4 members (excludes halogenated alkanes) is 2. The van der Waals surface area contributed by atoms with Crippen molar-refractivity contribution in [3.63, 3.8) is 0 Å². The Kier molecular flexibility index (Phi) is 7.96. The summed E-state index contributed by atoms with van der Waals surface area (Å²) in [6, 6.07) is 0. The van der Waals surface area contributed by atoms with Crippen molar-refractivity contribution < 1.29 is 0 Å². The van der Waals surface area contributed by atoms with Crippen LogP contribution in [0.15, 0.2) is 0 Å². The second kappa shape index (κ2) is 8.02. The third-order valence-corrected chi connectivity index (χ3v) is 2.06. The van der Waals surface area contributed by atoms with Crippen molar-refractivity contribution in [3.05, 3.63) is 0 Å². The van der Waals surface area contributed by atoms with E-state index in [0.717, 1.165) is 19.0 Å². The van der Waals surface area contributed by atoms with E-state index in [1.807, 2.05) is 0 Å². The van der Waals surface area contributed by atoms with E-state index in [4.69, 9.17) is 11.5 Å². The molecule has 0 rings (SSSR count). The number of rotatable bonds is 7. The fraction of sp³-hybridized carbons (Fsp3) is 1.00. The van der Waals surface area contributed by atoms with Gasteiger partial charge in [-0.15, -0.1) is 0 Å². The third kappa shape index (κ3) is 7.82. The van der Waals surface area contributed by atoms with E-state index < -0.39 is 0 Å². The van der Waals surface area contributed by atoms with Crippen LogP contribution < -0.4 is 11.5 Å². The molecule has 11 heavy (non-hydrogen) atoms. The van der Waals surface area contributed by atoms with Gasteiger partial charge in [0.15, 0.2) is 0 Å². The molecule has 0 saturated heterocycles. The molecule has 0 amide bonds. The van der Waals surface area contributed by atoms with Crippen LogP contribution in [0.4, 0.5) is 0 Å². The highest BCUT2D eigenvalue weighted by Crippen LogP contribution is 2.11. The van der Waals surface area contributed by atoms with E-state index >= 15 is 0 Å². The minimum Gasteiger partial charge on any atom is -0.330 e. The molecule has 2 heteroatoms. The van der Waals surface area contributed by atoms with Crippen LogP contribution in [0.1, 0.15) is 39.0 Å². The second-order valence-electron chi connectivity index (χ2n) is 3.32. The Bertz CT molecular complexity index is 74.0. The van der Waals surface area contributed by atoms with Gasteiger partial charge in [-0.3, -0.25) is 0 Å². The van der Waals surface area contributed by atoms with Gasteiger partial charge in [-0.2, -0.15) is 0 Å². The Morgan fingerprint density at radius 1 is 0.909 bits per heavy atom. The van der Waals surface area contributed by atoms with Crippen molar-refractivity contribution in [2.45, 2.75) is 39.0 Å². The van der Waals surface area contributed by atoms with Crippen molar-refractivity contribution in [2.24, 2.45) is 17.4 Å². The van der Waals surface area contributed by atoms with Crippen molar-refractivity contribution in [1.29, 1.82) is 0 Å². The Balaban J connectivity index is 2.97.